The van der Waals surface area contributed by atoms with E-state index in [1.165, 1.54) is 77.0 Å². The maximum atomic E-state index is 12.6. The third kappa shape index (κ3) is 41.6. The highest BCUT2D eigenvalue weighted by Crippen LogP contribution is 2.43. The van der Waals surface area contributed by atoms with Crippen LogP contribution in [-0.4, -0.2) is 65.7 Å². The van der Waals surface area contributed by atoms with Crippen molar-refractivity contribution in [2.75, 3.05) is 26.4 Å². The van der Waals surface area contributed by atoms with Crippen molar-refractivity contribution < 1.29 is 47.8 Å². The van der Waals surface area contributed by atoms with Gasteiger partial charge < -0.3 is 24.6 Å². The van der Waals surface area contributed by atoms with Crippen LogP contribution in [0.4, 0.5) is 0 Å². The molecule has 0 aliphatic rings. The van der Waals surface area contributed by atoms with Crippen molar-refractivity contribution in [1.29, 1.82) is 0 Å². The summed E-state index contributed by atoms with van der Waals surface area (Å²) in [5.74, 6) is -0.997. The molecule has 0 aliphatic heterocycles. The Hall–Kier alpha value is -2.33. The molecular formula is C46H81O10P. The minimum absolute atomic E-state index is 0.162. The molecule has 0 spiro atoms. The van der Waals surface area contributed by atoms with Crippen molar-refractivity contribution in [3.63, 3.8) is 0 Å². The Kier molecular flexibility index (Phi) is 40.1. The maximum Gasteiger partial charge on any atom is 0.472 e. The van der Waals surface area contributed by atoms with Gasteiger partial charge in [-0.3, -0.25) is 18.6 Å². The fraction of sp³-hybridized carbons (Fsp3) is 0.739. The minimum Gasteiger partial charge on any atom is -0.462 e. The second-order valence-corrected chi connectivity index (χ2v) is 16.2. The zero-order chi connectivity index (χ0) is 41.9. The Labute approximate surface area is 346 Å². The molecule has 11 heteroatoms. The van der Waals surface area contributed by atoms with Crippen molar-refractivity contribution in [3.05, 3.63) is 60.8 Å². The Morgan fingerprint density at radius 3 is 1.46 bits per heavy atom. The number of phosphoric acid groups is 1. The van der Waals surface area contributed by atoms with Crippen LogP contribution in [0.5, 0.6) is 0 Å². The molecule has 0 fully saturated rings. The van der Waals surface area contributed by atoms with Gasteiger partial charge in [0, 0.05) is 12.8 Å². The molecule has 3 atom stereocenters. The molecule has 0 saturated carbocycles. The molecule has 0 aromatic carbocycles. The van der Waals surface area contributed by atoms with E-state index < -0.39 is 51.8 Å². The molecule has 0 aliphatic carbocycles. The summed E-state index contributed by atoms with van der Waals surface area (Å²) < 4.78 is 32.7. The van der Waals surface area contributed by atoms with Crippen molar-refractivity contribution in [2.24, 2.45) is 0 Å². The van der Waals surface area contributed by atoms with Gasteiger partial charge in [-0.15, -0.1) is 0 Å². The number of rotatable bonds is 41. The Bertz CT molecular complexity index is 1130. The van der Waals surface area contributed by atoms with E-state index in [4.69, 9.17) is 19.1 Å². The zero-order valence-electron chi connectivity index (χ0n) is 35.8. The van der Waals surface area contributed by atoms with E-state index in [1.807, 2.05) is 6.08 Å². The van der Waals surface area contributed by atoms with Crippen LogP contribution in [0.2, 0.25) is 0 Å². The largest absolute Gasteiger partial charge is 0.472 e. The number of aliphatic hydroxyl groups is 2. The molecule has 1 unspecified atom stereocenters. The summed E-state index contributed by atoms with van der Waals surface area (Å²) in [4.78, 5) is 35.0. The van der Waals surface area contributed by atoms with Crippen molar-refractivity contribution >= 4 is 19.8 Å². The van der Waals surface area contributed by atoms with Crippen LogP contribution in [0, 0.1) is 0 Å². The molecule has 0 rings (SSSR count). The first kappa shape index (κ1) is 54.7. The summed E-state index contributed by atoms with van der Waals surface area (Å²) in [6, 6.07) is 0. The highest BCUT2D eigenvalue weighted by molar-refractivity contribution is 7.47. The number of ether oxygens (including phenoxy) is 2. The number of esters is 2. The predicted octanol–water partition coefficient (Wildman–Crippen LogP) is 11.9. The summed E-state index contributed by atoms with van der Waals surface area (Å²) in [6.07, 6.45) is 46.2. The monoisotopic (exact) mass is 825 g/mol. The highest BCUT2D eigenvalue weighted by atomic mass is 31.2. The first-order chi connectivity index (χ1) is 27.7. The summed E-state index contributed by atoms with van der Waals surface area (Å²) >= 11 is 0. The highest BCUT2D eigenvalue weighted by Gasteiger charge is 2.27. The van der Waals surface area contributed by atoms with Crippen LogP contribution < -0.4 is 0 Å². The van der Waals surface area contributed by atoms with Crippen LogP contribution in [0.15, 0.2) is 60.8 Å². The van der Waals surface area contributed by atoms with Gasteiger partial charge in [-0.2, -0.15) is 0 Å². The average molecular weight is 825 g/mol. The SMILES string of the molecule is CCCCC/C=C/C/C=C/CCCCCCCCCC(=O)O[C@H](COC(=O)CCC/C=C/C/C=C/C/C=C/CCCCCCCC)COP(=O)(O)OC[C@@H](O)CO. The fourth-order valence-electron chi connectivity index (χ4n) is 5.69. The number of unbranched alkanes of at least 4 members (excludes halogenated alkanes) is 17. The van der Waals surface area contributed by atoms with Crippen LogP contribution in [-0.2, 0) is 32.7 Å². The van der Waals surface area contributed by atoms with Crippen molar-refractivity contribution in [1.82, 2.24) is 0 Å². The van der Waals surface area contributed by atoms with Crippen LogP contribution in [0.3, 0.4) is 0 Å². The first-order valence-electron chi connectivity index (χ1n) is 22.2. The van der Waals surface area contributed by atoms with Gasteiger partial charge in [0.05, 0.1) is 19.8 Å². The van der Waals surface area contributed by atoms with Gasteiger partial charge in [0.15, 0.2) is 6.10 Å². The lowest BCUT2D eigenvalue weighted by molar-refractivity contribution is -0.161. The molecule has 0 heterocycles. The molecule has 3 N–H and O–H groups in total. The lowest BCUT2D eigenvalue weighted by atomic mass is 10.1. The summed E-state index contributed by atoms with van der Waals surface area (Å²) in [7, 11) is -4.63. The van der Waals surface area contributed by atoms with Crippen LogP contribution >= 0.6 is 7.82 Å². The number of allylic oxidation sites excluding steroid dienone is 10. The number of carbonyl (C=O) groups is 2. The van der Waals surface area contributed by atoms with E-state index in [-0.39, 0.29) is 19.4 Å². The number of hydrogen-bond acceptors (Lipinski definition) is 9. The number of carbonyl (C=O) groups excluding carboxylic acids is 2. The van der Waals surface area contributed by atoms with Crippen molar-refractivity contribution in [3.8, 4) is 0 Å². The Balaban J connectivity index is 4.38. The predicted molar refractivity (Wildman–Crippen MR) is 233 cm³/mol. The lowest BCUT2D eigenvalue weighted by Crippen LogP contribution is -2.29. The third-order valence-corrected chi connectivity index (χ3v) is 10.1. The number of phosphoric ester groups is 1. The molecule has 0 saturated heterocycles. The van der Waals surface area contributed by atoms with Gasteiger partial charge in [0.2, 0.25) is 0 Å². The lowest BCUT2D eigenvalue weighted by Gasteiger charge is -2.20. The zero-order valence-corrected chi connectivity index (χ0v) is 36.7. The van der Waals surface area contributed by atoms with Gasteiger partial charge in [-0.05, 0) is 77.0 Å². The third-order valence-electron chi connectivity index (χ3n) is 9.14. The van der Waals surface area contributed by atoms with Crippen LogP contribution in [0.1, 0.15) is 181 Å². The Morgan fingerprint density at radius 1 is 0.526 bits per heavy atom. The second-order valence-electron chi connectivity index (χ2n) is 14.7. The molecule has 0 radical (unpaired) electrons. The van der Waals surface area contributed by atoms with Gasteiger partial charge >= 0.3 is 19.8 Å². The maximum absolute atomic E-state index is 12.6. The molecule has 10 nitrogen and oxygen atoms in total. The molecule has 330 valence electrons. The van der Waals surface area contributed by atoms with E-state index >= 15 is 0 Å². The average Bonchev–Trinajstić information content (AvgIpc) is 3.20. The van der Waals surface area contributed by atoms with E-state index in [0.717, 1.165) is 57.8 Å². The van der Waals surface area contributed by atoms with Gasteiger partial charge in [0.25, 0.3) is 0 Å². The molecule has 0 aromatic rings. The Morgan fingerprint density at radius 2 is 0.930 bits per heavy atom. The second kappa shape index (κ2) is 41.8. The topological polar surface area (TPSA) is 149 Å². The van der Waals surface area contributed by atoms with Crippen molar-refractivity contribution in [2.45, 2.75) is 193 Å². The van der Waals surface area contributed by atoms with E-state index in [9.17, 15) is 24.2 Å². The molecule has 57 heavy (non-hydrogen) atoms. The molecule has 0 aromatic heterocycles. The molecule has 0 bridgehead atoms. The number of hydrogen-bond donors (Lipinski definition) is 3. The smallest absolute Gasteiger partial charge is 0.462 e. The van der Waals surface area contributed by atoms with E-state index in [1.54, 1.807) is 0 Å². The fourth-order valence-corrected chi connectivity index (χ4v) is 6.48. The molecule has 0 amide bonds. The van der Waals surface area contributed by atoms with E-state index in [0.29, 0.717) is 19.3 Å². The molecular weight excluding hydrogens is 743 g/mol. The standard InChI is InChI=1S/C46H81O10P/c1-3-5-7-9-11-13-15-17-19-21-23-25-27-29-31-33-35-37-45(49)53-41-44(42-55-57(51,52)54-40-43(48)39-47)56-46(50)38-36-34-32-30-28-26-24-22-20-18-16-14-12-10-8-6-4-2/h12,14,17-20,23,25,29,31,43-44,47-48H,3-11,13,15-16,21-22,24,26-28,30,32-42H2,1-2H3,(H,51,52)/b14-12+,19-17+,20-18+,25-23+,31-29+/t43-,44+/m0/s1. The summed E-state index contributed by atoms with van der Waals surface area (Å²) in [6.45, 7) is 2.28. The van der Waals surface area contributed by atoms with Crippen LogP contribution in [0.25, 0.3) is 0 Å². The van der Waals surface area contributed by atoms with Gasteiger partial charge in [0.1, 0.15) is 12.7 Å². The normalized spacial score (nSPS) is 14.4. The minimum atomic E-state index is -4.63. The van der Waals surface area contributed by atoms with Gasteiger partial charge in [-0.25, -0.2) is 4.57 Å². The summed E-state index contributed by atoms with van der Waals surface area (Å²) in [5, 5.41) is 18.3. The summed E-state index contributed by atoms with van der Waals surface area (Å²) in [5.41, 5.74) is 0. The first-order valence-corrected chi connectivity index (χ1v) is 23.7. The van der Waals surface area contributed by atoms with Gasteiger partial charge in [-0.1, -0.05) is 152 Å². The quantitative estimate of drug-likeness (QED) is 0.0235. The van der Waals surface area contributed by atoms with E-state index in [2.05, 4.69) is 73.1 Å². The number of aliphatic hydroxyl groups excluding tert-OH is 2.